The second-order valence-electron chi connectivity index (χ2n) is 4.61. The monoisotopic (exact) mass is 344 g/mol. The van der Waals surface area contributed by atoms with Crippen molar-refractivity contribution in [1.82, 2.24) is 5.32 Å². The van der Waals surface area contributed by atoms with E-state index < -0.39 is 12.8 Å². The zero-order chi connectivity index (χ0) is 16.7. The Morgan fingerprint density at radius 3 is 2.65 bits per heavy atom. The Kier molecular flexibility index (Phi) is 5.86. The molecular weight excluding hydrogens is 329 g/mol. The van der Waals surface area contributed by atoms with Crippen LogP contribution in [0, 0.1) is 0 Å². The lowest BCUT2D eigenvalue weighted by molar-refractivity contribution is -0.153. The van der Waals surface area contributed by atoms with Crippen molar-refractivity contribution in [2.45, 2.75) is 12.7 Å². The lowest BCUT2D eigenvalue weighted by atomic mass is 10.3. The molecule has 0 fully saturated rings. The van der Waals surface area contributed by atoms with Crippen molar-refractivity contribution in [3.63, 3.8) is 0 Å². The van der Waals surface area contributed by atoms with Crippen molar-refractivity contribution >= 4 is 22.9 Å². The van der Waals surface area contributed by atoms with Gasteiger partial charge in [0.15, 0.2) is 6.61 Å². The number of carbonyl (C=O) groups is 1. The number of halogens is 3. The minimum atomic E-state index is -4.41. The Morgan fingerprint density at radius 1 is 1.17 bits per heavy atom. The van der Waals surface area contributed by atoms with E-state index in [-0.39, 0.29) is 18.2 Å². The van der Waals surface area contributed by atoms with Gasteiger partial charge in [-0.15, -0.1) is 11.3 Å². The molecule has 0 atom stereocenters. The van der Waals surface area contributed by atoms with Crippen molar-refractivity contribution in [2.75, 3.05) is 18.5 Å². The number of carbonyl (C=O) groups excluding carboxylic acids is 1. The third-order valence-corrected chi connectivity index (χ3v) is 3.63. The molecule has 0 aliphatic heterocycles. The maximum atomic E-state index is 12.2. The summed E-state index contributed by atoms with van der Waals surface area (Å²) in [4.78, 5) is 12.8. The molecule has 1 aromatic heterocycles. The highest BCUT2D eigenvalue weighted by Crippen LogP contribution is 2.26. The number of nitrogens with one attached hydrogen (secondary N) is 2. The van der Waals surface area contributed by atoms with E-state index in [1.807, 2.05) is 17.5 Å². The van der Waals surface area contributed by atoms with E-state index in [9.17, 15) is 18.0 Å². The van der Waals surface area contributed by atoms with Gasteiger partial charge in [-0.3, -0.25) is 4.79 Å². The van der Waals surface area contributed by atoms with Crippen LogP contribution in [0.15, 0.2) is 41.8 Å². The molecule has 0 bridgehead atoms. The summed E-state index contributed by atoms with van der Waals surface area (Å²) in [5, 5.41) is 7.41. The molecule has 4 nitrogen and oxygen atoms in total. The van der Waals surface area contributed by atoms with Gasteiger partial charge in [-0.05, 0) is 23.6 Å². The van der Waals surface area contributed by atoms with Gasteiger partial charge in [0.05, 0.1) is 18.8 Å². The van der Waals surface area contributed by atoms with E-state index in [0.29, 0.717) is 12.2 Å². The summed E-state index contributed by atoms with van der Waals surface area (Å²) >= 11 is 1.53. The van der Waals surface area contributed by atoms with Crippen LogP contribution >= 0.6 is 11.3 Å². The van der Waals surface area contributed by atoms with Crippen LogP contribution < -0.4 is 15.4 Å². The topological polar surface area (TPSA) is 50.4 Å². The van der Waals surface area contributed by atoms with Crippen molar-refractivity contribution < 1.29 is 22.7 Å². The van der Waals surface area contributed by atoms with Crippen LogP contribution in [0.1, 0.15) is 4.88 Å². The van der Waals surface area contributed by atoms with Crippen LogP contribution in [-0.4, -0.2) is 25.2 Å². The summed E-state index contributed by atoms with van der Waals surface area (Å²) in [6.45, 7) is -1.02. The molecule has 0 saturated heterocycles. The average molecular weight is 344 g/mol. The number of alkyl halides is 3. The maximum absolute atomic E-state index is 12.2. The van der Waals surface area contributed by atoms with Gasteiger partial charge in [-0.1, -0.05) is 18.2 Å². The van der Waals surface area contributed by atoms with E-state index in [2.05, 4.69) is 10.6 Å². The Balaban J connectivity index is 1.83. The first kappa shape index (κ1) is 17.1. The van der Waals surface area contributed by atoms with Crippen LogP contribution in [-0.2, 0) is 11.3 Å². The molecule has 0 unspecified atom stereocenters. The predicted octanol–water partition coefficient (Wildman–Crippen LogP) is 3.42. The van der Waals surface area contributed by atoms with E-state index in [1.165, 1.54) is 17.4 Å². The molecule has 0 aliphatic rings. The first-order valence-corrected chi connectivity index (χ1v) is 7.63. The van der Waals surface area contributed by atoms with Gasteiger partial charge in [0.2, 0.25) is 5.91 Å². The summed E-state index contributed by atoms with van der Waals surface area (Å²) in [6, 6.07) is 9.97. The summed E-state index contributed by atoms with van der Waals surface area (Å²) in [5.74, 6) is -0.208. The van der Waals surface area contributed by atoms with Gasteiger partial charge in [-0.25, -0.2) is 0 Å². The van der Waals surface area contributed by atoms with Gasteiger partial charge < -0.3 is 15.4 Å². The number of ether oxygens (including phenoxy) is 1. The van der Waals surface area contributed by atoms with Crippen molar-refractivity contribution in [3.8, 4) is 5.75 Å². The van der Waals surface area contributed by atoms with Crippen molar-refractivity contribution in [1.29, 1.82) is 0 Å². The molecule has 2 rings (SSSR count). The fraction of sp³-hybridized carbons (Fsp3) is 0.267. The molecule has 0 aliphatic carbocycles. The number of para-hydroxylation sites is 2. The molecular formula is C15H15F3N2O2S. The Hall–Kier alpha value is -2.22. The number of benzene rings is 1. The highest BCUT2D eigenvalue weighted by Gasteiger charge is 2.28. The Labute approximate surface area is 135 Å². The Morgan fingerprint density at radius 2 is 1.96 bits per heavy atom. The highest BCUT2D eigenvalue weighted by atomic mass is 32.1. The van der Waals surface area contributed by atoms with E-state index in [1.54, 1.807) is 18.2 Å². The summed E-state index contributed by atoms with van der Waals surface area (Å²) in [6.07, 6.45) is -4.41. The normalized spacial score (nSPS) is 11.1. The van der Waals surface area contributed by atoms with Gasteiger partial charge in [0.25, 0.3) is 0 Å². The zero-order valence-corrected chi connectivity index (χ0v) is 12.8. The fourth-order valence-corrected chi connectivity index (χ4v) is 2.38. The number of hydrogen-bond donors (Lipinski definition) is 2. The predicted molar refractivity (Wildman–Crippen MR) is 82.6 cm³/mol. The minimum Gasteiger partial charge on any atom is -0.482 e. The third-order valence-electron chi connectivity index (χ3n) is 2.76. The molecule has 0 saturated carbocycles. The molecule has 1 amide bonds. The molecule has 1 aromatic carbocycles. The quantitative estimate of drug-likeness (QED) is 0.809. The number of amides is 1. The van der Waals surface area contributed by atoms with E-state index in [0.717, 1.165) is 4.88 Å². The van der Waals surface area contributed by atoms with Crippen molar-refractivity contribution in [2.24, 2.45) is 0 Å². The standard InChI is InChI=1S/C15H15F3N2O2S/c16-15(17,18)10-22-13-6-2-1-5-12(13)19-9-14(21)20-8-11-4-3-7-23-11/h1-7,19H,8-10H2,(H,20,21). The molecule has 0 spiro atoms. The highest BCUT2D eigenvalue weighted by molar-refractivity contribution is 7.09. The summed E-state index contributed by atoms with van der Waals surface area (Å²) in [7, 11) is 0. The maximum Gasteiger partial charge on any atom is 0.422 e. The SMILES string of the molecule is O=C(CNc1ccccc1OCC(F)(F)F)NCc1cccs1. The van der Waals surface area contributed by atoms with Crippen LogP contribution in [0.2, 0.25) is 0 Å². The molecule has 23 heavy (non-hydrogen) atoms. The average Bonchev–Trinajstić information content (AvgIpc) is 3.02. The van der Waals surface area contributed by atoms with Crippen LogP contribution in [0.3, 0.4) is 0 Å². The smallest absolute Gasteiger partial charge is 0.422 e. The lowest BCUT2D eigenvalue weighted by Crippen LogP contribution is -2.29. The largest absolute Gasteiger partial charge is 0.482 e. The number of rotatable bonds is 7. The molecule has 2 aromatic rings. The minimum absolute atomic E-state index is 0.0517. The van der Waals surface area contributed by atoms with Crippen molar-refractivity contribution in [3.05, 3.63) is 46.7 Å². The fourth-order valence-electron chi connectivity index (χ4n) is 1.74. The number of hydrogen-bond acceptors (Lipinski definition) is 4. The number of anilines is 1. The van der Waals surface area contributed by atoms with Gasteiger partial charge in [0.1, 0.15) is 5.75 Å². The molecule has 8 heteroatoms. The molecule has 1 heterocycles. The molecule has 124 valence electrons. The van der Waals surface area contributed by atoms with E-state index >= 15 is 0 Å². The van der Waals surface area contributed by atoms with E-state index in [4.69, 9.17) is 4.74 Å². The van der Waals surface area contributed by atoms with Gasteiger partial charge >= 0.3 is 6.18 Å². The number of thiophene rings is 1. The Bertz CT molecular complexity index is 630. The van der Waals surface area contributed by atoms with Crippen LogP contribution in [0.5, 0.6) is 5.75 Å². The second kappa shape index (κ2) is 7.87. The van der Waals surface area contributed by atoms with Crippen LogP contribution in [0.25, 0.3) is 0 Å². The first-order chi connectivity index (χ1) is 10.9. The summed E-state index contributed by atoms with van der Waals surface area (Å²) < 4.78 is 41.4. The van der Waals surface area contributed by atoms with Gasteiger partial charge in [-0.2, -0.15) is 13.2 Å². The second-order valence-corrected chi connectivity index (χ2v) is 5.64. The third kappa shape index (κ3) is 6.19. The first-order valence-electron chi connectivity index (χ1n) is 6.75. The summed E-state index contributed by atoms with van der Waals surface area (Å²) in [5.41, 5.74) is 0.336. The van der Waals surface area contributed by atoms with Gasteiger partial charge in [0, 0.05) is 4.88 Å². The molecule has 2 N–H and O–H groups in total. The molecule has 0 radical (unpaired) electrons. The lowest BCUT2D eigenvalue weighted by Gasteiger charge is -2.14. The van der Waals surface area contributed by atoms with Crippen LogP contribution in [0.4, 0.5) is 18.9 Å². The zero-order valence-electron chi connectivity index (χ0n) is 12.0.